The van der Waals surface area contributed by atoms with E-state index >= 15 is 0 Å². The van der Waals surface area contributed by atoms with Crippen molar-refractivity contribution in [3.8, 4) is 0 Å². The van der Waals surface area contributed by atoms with Crippen LogP contribution in [0, 0.1) is 0 Å². The maximum absolute atomic E-state index is 11.5. The van der Waals surface area contributed by atoms with Crippen LogP contribution in [0.1, 0.15) is 47.5 Å². The van der Waals surface area contributed by atoms with Gasteiger partial charge < -0.3 is 5.32 Å². The molecule has 0 aromatic carbocycles. The Morgan fingerprint density at radius 3 is 2.31 bits per heavy atom. The first kappa shape index (κ1) is 12.2. The van der Waals surface area contributed by atoms with Gasteiger partial charge in [0.15, 0.2) is 0 Å². The number of allylic oxidation sites excluding steroid dienone is 1. The molecule has 0 atom stereocenters. The molecule has 0 heterocycles. The molecule has 0 aromatic rings. The highest BCUT2D eigenvalue weighted by molar-refractivity contribution is 5.93. The standard InChI is InChI=1S/C11H21NO/c1-6-7-8-9(2)10(13)12-11(3,4)5/h8H,6-7H2,1-5H3,(H,12,13)/b9-8+. The number of carbonyl (C=O) groups is 1. The Kier molecular flexibility index (Phi) is 4.74. The second-order valence-electron chi connectivity index (χ2n) is 4.38. The first-order chi connectivity index (χ1) is 5.87. The quantitative estimate of drug-likeness (QED) is 0.670. The maximum Gasteiger partial charge on any atom is 0.246 e. The minimum absolute atomic E-state index is 0.0425. The first-order valence-corrected chi connectivity index (χ1v) is 4.86. The molecule has 0 spiro atoms. The van der Waals surface area contributed by atoms with Gasteiger partial charge in [0.1, 0.15) is 0 Å². The summed E-state index contributed by atoms with van der Waals surface area (Å²) in [6.07, 6.45) is 4.05. The summed E-state index contributed by atoms with van der Waals surface area (Å²) in [6.45, 7) is 9.91. The van der Waals surface area contributed by atoms with Gasteiger partial charge in [0.05, 0.1) is 0 Å². The first-order valence-electron chi connectivity index (χ1n) is 4.86. The normalized spacial score (nSPS) is 12.8. The molecule has 0 aliphatic rings. The van der Waals surface area contributed by atoms with Gasteiger partial charge in [0.25, 0.3) is 0 Å². The minimum Gasteiger partial charge on any atom is -0.348 e. The zero-order chi connectivity index (χ0) is 10.5. The third-order valence-corrected chi connectivity index (χ3v) is 1.59. The van der Waals surface area contributed by atoms with E-state index in [2.05, 4.69) is 12.2 Å². The monoisotopic (exact) mass is 183 g/mol. The molecular weight excluding hydrogens is 162 g/mol. The van der Waals surface area contributed by atoms with Crippen molar-refractivity contribution in [2.45, 2.75) is 53.0 Å². The van der Waals surface area contributed by atoms with E-state index in [1.807, 2.05) is 33.8 Å². The zero-order valence-electron chi connectivity index (χ0n) is 9.40. The van der Waals surface area contributed by atoms with E-state index in [0.717, 1.165) is 18.4 Å². The van der Waals surface area contributed by atoms with Crippen LogP contribution in [-0.4, -0.2) is 11.4 Å². The lowest BCUT2D eigenvalue weighted by molar-refractivity contribution is -0.118. The second kappa shape index (κ2) is 5.05. The van der Waals surface area contributed by atoms with Crippen LogP contribution in [0.5, 0.6) is 0 Å². The molecule has 0 radical (unpaired) electrons. The minimum atomic E-state index is -0.140. The Hall–Kier alpha value is -0.790. The van der Waals surface area contributed by atoms with E-state index < -0.39 is 0 Å². The smallest absolute Gasteiger partial charge is 0.246 e. The van der Waals surface area contributed by atoms with Crippen LogP contribution in [0.2, 0.25) is 0 Å². The van der Waals surface area contributed by atoms with Crippen molar-refractivity contribution in [1.82, 2.24) is 5.32 Å². The lowest BCUT2D eigenvalue weighted by atomic mass is 10.1. The summed E-state index contributed by atoms with van der Waals surface area (Å²) in [5.41, 5.74) is 0.676. The molecular formula is C11H21NO. The molecule has 0 rings (SSSR count). The predicted molar refractivity (Wildman–Crippen MR) is 56.6 cm³/mol. The van der Waals surface area contributed by atoms with Gasteiger partial charge in [-0.2, -0.15) is 0 Å². The summed E-state index contributed by atoms with van der Waals surface area (Å²) < 4.78 is 0. The van der Waals surface area contributed by atoms with E-state index in [0.29, 0.717) is 0 Å². The molecule has 0 aromatic heterocycles. The Bertz CT molecular complexity index is 199. The molecule has 2 heteroatoms. The Balaban J connectivity index is 4.12. The number of nitrogens with one attached hydrogen (secondary N) is 1. The molecule has 0 aliphatic carbocycles. The van der Waals surface area contributed by atoms with Crippen molar-refractivity contribution in [2.24, 2.45) is 0 Å². The van der Waals surface area contributed by atoms with E-state index in [1.165, 1.54) is 0 Å². The summed E-state index contributed by atoms with van der Waals surface area (Å²) in [5.74, 6) is 0.0425. The van der Waals surface area contributed by atoms with Crippen LogP contribution in [0.3, 0.4) is 0 Å². The third-order valence-electron chi connectivity index (χ3n) is 1.59. The highest BCUT2D eigenvalue weighted by atomic mass is 16.1. The fourth-order valence-corrected chi connectivity index (χ4v) is 0.893. The molecule has 1 amide bonds. The Morgan fingerprint density at radius 1 is 1.38 bits per heavy atom. The highest BCUT2D eigenvalue weighted by Gasteiger charge is 2.13. The predicted octanol–water partition coefficient (Wildman–Crippen LogP) is 2.65. The van der Waals surface area contributed by atoms with Gasteiger partial charge in [-0.15, -0.1) is 0 Å². The molecule has 0 saturated heterocycles. The van der Waals surface area contributed by atoms with Crippen molar-refractivity contribution in [1.29, 1.82) is 0 Å². The van der Waals surface area contributed by atoms with Gasteiger partial charge in [0, 0.05) is 11.1 Å². The molecule has 0 saturated carbocycles. The molecule has 2 nitrogen and oxygen atoms in total. The molecule has 13 heavy (non-hydrogen) atoms. The van der Waals surface area contributed by atoms with E-state index in [4.69, 9.17) is 0 Å². The highest BCUT2D eigenvalue weighted by Crippen LogP contribution is 2.03. The van der Waals surface area contributed by atoms with Crippen LogP contribution >= 0.6 is 0 Å². The van der Waals surface area contributed by atoms with Crippen LogP contribution in [0.4, 0.5) is 0 Å². The summed E-state index contributed by atoms with van der Waals surface area (Å²) >= 11 is 0. The topological polar surface area (TPSA) is 29.1 Å². The second-order valence-corrected chi connectivity index (χ2v) is 4.38. The van der Waals surface area contributed by atoms with Gasteiger partial charge in [-0.05, 0) is 34.1 Å². The summed E-state index contributed by atoms with van der Waals surface area (Å²) in [6, 6.07) is 0. The zero-order valence-corrected chi connectivity index (χ0v) is 9.40. The maximum atomic E-state index is 11.5. The van der Waals surface area contributed by atoms with Gasteiger partial charge in [-0.1, -0.05) is 19.4 Å². The molecule has 0 aliphatic heterocycles. The average molecular weight is 183 g/mol. The van der Waals surface area contributed by atoms with Gasteiger partial charge in [0.2, 0.25) is 5.91 Å². The lowest BCUT2D eigenvalue weighted by Gasteiger charge is -2.20. The number of hydrogen-bond donors (Lipinski definition) is 1. The van der Waals surface area contributed by atoms with Crippen molar-refractivity contribution < 1.29 is 4.79 Å². The van der Waals surface area contributed by atoms with Crippen molar-refractivity contribution >= 4 is 5.91 Å². The number of rotatable bonds is 3. The molecule has 1 N–H and O–H groups in total. The number of amides is 1. The van der Waals surface area contributed by atoms with Crippen molar-refractivity contribution in [3.05, 3.63) is 11.6 Å². The summed E-state index contributed by atoms with van der Waals surface area (Å²) in [4.78, 5) is 11.5. The molecule has 76 valence electrons. The van der Waals surface area contributed by atoms with Crippen LogP contribution in [-0.2, 0) is 4.79 Å². The fraction of sp³-hybridized carbons (Fsp3) is 0.727. The number of hydrogen-bond acceptors (Lipinski definition) is 1. The van der Waals surface area contributed by atoms with Crippen LogP contribution < -0.4 is 5.32 Å². The van der Waals surface area contributed by atoms with E-state index in [-0.39, 0.29) is 11.4 Å². The summed E-state index contributed by atoms with van der Waals surface area (Å²) in [7, 11) is 0. The van der Waals surface area contributed by atoms with Gasteiger partial charge >= 0.3 is 0 Å². The van der Waals surface area contributed by atoms with Gasteiger partial charge in [-0.25, -0.2) is 0 Å². The lowest BCUT2D eigenvalue weighted by Crippen LogP contribution is -2.40. The third kappa shape index (κ3) is 6.38. The SMILES string of the molecule is CCC/C=C(\C)C(=O)NC(C)(C)C. The largest absolute Gasteiger partial charge is 0.348 e. The molecule has 0 bridgehead atoms. The fourth-order valence-electron chi connectivity index (χ4n) is 0.893. The molecule has 0 fully saturated rings. The molecule has 0 unspecified atom stereocenters. The van der Waals surface area contributed by atoms with Gasteiger partial charge in [-0.3, -0.25) is 4.79 Å². The Morgan fingerprint density at radius 2 is 1.92 bits per heavy atom. The Labute approximate surface area is 81.4 Å². The van der Waals surface area contributed by atoms with Crippen molar-refractivity contribution in [3.63, 3.8) is 0 Å². The van der Waals surface area contributed by atoms with E-state index in [1.54, 1.807) is 0 Å². The van der Waals surface area contributed by atoms with Crippen molar-refractivity contribution in [2.75, 3.05) is 0 Å². The number of carbonyl (C=O) groups excluding carboxylic acids is 1. The average Bonchev–Trinajstić information content (AvgIpc) is 1.96. The number of unbranched alkanes of at least 4 members (excludes halogenated alkanes) is 1. The van der Waals surface area contributed by atoms with Crippen LogP contribution in [0.15, 0.2) is 11.6 Å². The van der Waals surface area contributed by atoms with Crippen LogP contribution in [0.25, 0.3) is 0 Å². The van der Waals surface area contributed by atoms with E-state index in [9.17, 15) is 4.79 Å². The summed E-state index contributed by atoms with van der Waals surface area (Å²) in [5, 5.41) is 2.92.